The van der Waals surface area contributed by atoms with Gasteiger partial charge in [-0.3, -0.25) is 0 Å². The topological polar surface area (TPSA) is 0 Å². The number of allylic oxidation sites excluding steroid dienone is 2. The van der Waals surface area contributed by atoms with Crippen molar-refractivity contribution in [1.82, 2.24) is 0 Å². The maximum absolute atomic E-state index is 2.38. The summed E-state index contributed by atoms with van der Waals surface area (Å²) in [6, 6.07) is 13.8. The molecule has 0 atom stereocenters. The van der Waals surface area contributed by atoms with E-state index in [0.29, 0.717) is 0 Å². The Balaban J connectivity index is 2.11. The lowest BCUT2D eigenvalue weighted by atomic mass is 9.93. The van der Waals surface area contributed by atoms with Crippen LogP contribution in [0.25, 0.3) is 11.1 Å². The Kier molecular flexibility index (Phi) is 4.20. The summed E-state index contributed by atoms with van der Waals surface area (Å²) in [6.45, 7) is 8.93. The molecule has 0 spiro atoms. The van der Waals surface area contributed by atoms with Crippen LogP contribution in [0.5, 0.6) is 0 Å². The van der Waals surface area contributed by atoms with Crippen LogP contribution >= 0.6 is 0 Å². The fourth-order valence-corrected chi connectivity index (χ4v) is 3.74. The molecule has 0 radical (unpaired) electrons. The lowest BCUT2D eigenvalue weighted by Gasteiger charge is -2.12. The highest BCUT2D eigenvalue weighted by atomic mass is 14.3. The van der Waals surface area contributed by atoms with E-state index in [1.54, 1.807) is 11.1 Å². The Hall–Kier alpha value is -1.82. The average Bonchev–Trinajstić information content (AvgIpc) is 2.84. The van der Waals surface area contributed by atoms with E-state index < -0.39 is 0 Å². The van der Waals surface area contributed by atoms with Gasteiger partial charge in [-0.05, 0) is 73.4 Å². The third-order valence-electron chi connectivity index (χ3n) is 4.78. The first kappa shape index (κ1) is 15.1. The van der Waals surface area contributed by atoms with Crippen LogP contribution in [0.3, 0.4) is 0 Å². The summed E-state index contributed by atoms with van der Waals surface area (Å²) in [5, 5.41) is 0. The van der Waals surface area contributed by atoms with Gasteiger partial charge in [0, 0.05) is 0 Å². The van der Waals surface area contributed by atoms with Gasteiger partial charge in [0.1, 0.15) is 0 Å². The molecule has 2 aromatic carbocycles. The molecule has 2 aromatic rings. The SMILES string of the molecule is CCCCC1=C(c2ccc(C)cc2)Cc2cc(C)cc(C)c21. The van der Waals surface area contributed by atoms with Crippen LogP contribution < -0.4 is 0 Å². The van der Waals surface area contributed by atoms with Crippen molar-refractivity contribution in [2.45, 2.75) is 53.4 Å². The van der Waals surface area contributed by atoms with Crippen LogP contribution in [0.1, 0.15) is 59.6 Å². The van der Waals surface area contributed by atoms with Crippen molar-refractivity contribution in [3.05, 3.63) is 69.8 Å². The summed E-state index contributed by atoms with van der Waals surface area (Å²) >= 11 is 0. The minimum absolute atomic E-state index is 1.10. The van der Waals surface area contributed by atoms with Crippen molar-refractivity contribution in [3.8, 4) is 0 Å². The molecule has 0 nitrogen and oxygen atoms in total. The van der Waals surface area contributed by atoms with E-state index in [4.69, 9.17) is 0 Å². The average molecular weight is 290 g/mol. The summed E-state index contributed by atoms with van der Waals surface area (Å²) in [5.74, 6) is 0. The number of unbranched alkanes of at least 4 members (excludes halogenated alkanes) is 1. The molecular formula is C22H26. The second-order valence-corrected chi connectivity index (χ2v) is 6.72. The first-order chi connectivity index (χ1) is 10.6. The Morgan fingerprint density at radius 3 is 2.32 bits per heavy atom. The van der Waals surface area contributed by atoms with Gasteiger partial charge in [-0.2, -0.15) is 0 Å². The Bertz CT molecular complexity index is 714. The summed E-state index contributed by atoms with van der Waals surface area (Å²) < 4.78 is 0. The lowest BCUT2D eigenvalue weighted by Crippen LogP contribution is -1.92. The molecule has 0 saturated carbocycles. The molecular weight excluding hydrogens is 264 g/mol. The standard InChI is InChI=1S/C22H26/c1-5-6-7-20-21(18-10-8-15(2)9-11-18)14-19-13-16(3)12-17(4)22(19)20/h8-13H,5-7,14H2,1-4H3. The number of fused-ring (bicyclic) bond motifs is 1. The molecule has 0 saturated heterocycles. The fourth-order valence-electron chi connectivity index (χ4n) is 3.74. The molecule has 0 bridgehead atoms. The third kappa shape index (κ3) is 2.75. The van der Waals surface area contributed by atoms with Crippen molar-refractivity contribution < 1.29 is 0 Å². The molecule has 0 fully saturated rings. The van der Waals surface area contributed by atoms with Crippen molar-refractivity contribution in [2.75, 3.05) is 0 Å². The molecule has 0 N–H and O–H groups in total. The van der Waals surface area contributed by atoms with E-state index in [1.165, 1.54) is 52.6 Å². The third-order valence-corrected chi connectivity index (χ3v) is 4.78. The largest absolute Gasteiger partial charge is 0.0654 e. The fraction of sp³-hybridized carbons (Fsp3) is 0.364. The molecule has 114 valence electrons. The summed E-state index contributed by atoms with van der Waals surface area (Å²) in [5.41, 5.74) is 11.8. The van der Waals surface area contributed by atoms with Crippen LogP contribution in [0.15, 0.2) is 36.4 Å². The van der Waals surface area contributed by atoms with E-state index in [1.807, 2.05) is 0 Å². The van der Waals surface area contributed by atoms with Gasteiger partial charge < -0.3 is 0 Å². The Morgan fingerprint density at radius 1 is 0.909 bits per heavy atom. The Labute approximate surface area is 134 Å². The highest BCUT2D eigenvalue weighted by molar-refractivity contribution is 5.98. The first-order valence-corrected chi connectivity index (χ1v) is 8.49. The van der Waals surface area contributed by atoms with E-state index in [2.05, 4.69) is 64.1 Å². The molecule has 0 amide bonds. The molecule has 0 aromatic heterocycles. The van der Waals surface area contributed by atoms with Gasteiger partial charge >= 0.3 is 0 Å². The molecule has 22 heavy (non-hydrogen) atoms. The Morgan fingerprint density at radius 2 is 1.64 bits per heavy atom. The van der Waals surface area contributed by atoms with E-state index in [0.717, 1.165) is 6.42 Å². The van der Waals surface area contributed by atoms with Crippen molar-refractivity contribution in [2.24, 2.45) is 0 Å². The van der Waals surface area contributed by atoms with Crippen molar-refractivity contribution in [3.63, 3.8) is 0 Å². The first-order valence-electron chi connectivity index (χ1n) is 8.49. The number of aryl methyl sites for hydroxylation is 3. The predicted molar refractivity (Wildman–Crippen MR) is 97.1 cm³/mol. The highest BCUT2D eigenvalue weighted by Crippen LogP contribution is 2.43. The maximum atomic E-state index is 2.38. The molecule has 3 rings (SSSR count). The van der Waals surface area contributed by atoms with Gasteiger partial charge in [0.25, 0.3) is 0 Å². The van der Waals surface area contributed by atoms with Gasteiger partial charge in [0.2, 0.25) is 0 Å². The molecule has 0 aliphatic heterocycles. The number of rotatable bonds is 4. The second kappa shape index (κ2) is 6.12. The van der Waals surface area contributed by atoms with E-state index in [-0.39, 0.29) is 0 Å². The van der Waals surface area contributed by atoms with Gasteiger partial charge in [-0.1, -0.05) is 60.9 Å². The molecule has 0 unspecified atom stereocenters. The minimum atomic E-state index is 1.10. The smallest absolute Gasteiger partial charge is 0.00106 e. The van der Waals surface area contributed by atoms with Gasteiger partial charge in [-0.15, -0.1) is 0 Å². The van der Waals surface area contributed by atoms with Crippen molar-refractivity contribution >= 4 is 11.1 Å². The van der Waals surface area contributed by atoms with Gasteiger partial charge in [0.15, 0.2) is 0 Å². The lowest BCUT2D eigenvalue weighted by molar-refractivity contribution is 0.825. The molecule has 1 aliphatic carbocycles. The zero-order valence-electron chi connectivity index (χ0n) is 14.3. The highest BCUT2D eigenvalue weighted by Gasteiger charge is 2.23. The molecule has 0 heterocycles. The van der Waals surface area contributed by atoms with Crippen molar-refractivity contribution in [1.29, 1.82) is 0 Å². The summed E-state index contributed by atoms with van der Waals surface area (Å²) in [6.07, 6.45) is 4.83. The monoisotopic (exact) mass is 290 g/mol. The summed E-state index contributed by atoms with van der Waals surface area (Å²) in [4.78, 5) is 0. The van der Waals surface area contributed by atoms with Crippen LogP contribution in [0.2, 0.25) is 0 Å². The van der Waals surface area contributed by atoms with Gasteiger partial charge in [0.05, 0.1) is 0 Å². The molecule has 1 aliphatic rings. The molecule has 0 heteroatoms. The normalized spacial score (nSPS) is 13.6. The van der Waals surface area contributed by atoms with Crippen LogP contribution in [0.4, 0.5) is 0 Å². The van der Waals surface area contributed by atoms with Crippen LogP contribution in [-0.2, 0) is 6.42 Å². The summed E-state index contributed by atoms with van der Waals surface area (Å²) in [7, 11) is 0. The maximum Gasteiger partial charge on any atom is -0.00106 e. The number of hydrogen-bond acceptors (Lipinski definition) is 0. The zero-order valence-corrected chi connectivity index (χ0v) is 14.3. The van der Waals surface area contributed by atoms with Crippen LogP contribution in [-0.4, -0.2) is 0 Å². The van der Waals surface area contributed by atoms with E-state index >= 15 is 0 Å². The van der Waals surface area contributed by atoms with Gasteiger partial charge in [-0.25, -0.2) is 0 Å². The van der Waals surface area contributed by atoms with E-state index in [9.17, 15) is 0 Å². The quantitative estimate of drug-likeness (QED) is 0.622. The number of benzene rings is 2. The second-order valence-electron chi connectivity index (χ2n) is 6.72. The van der Waals surface area contributed by atoms with Crippen LogP contribution in [0, 0.1) is 20.8 Å². The zero-order chi connectivity index (χ0) is 15.7. The predicted octanol–water partition coefficient (Wildman–Crippen LogP) is 6.27. The number of hydrogen-bond donors (Lipinski definition) is 0. The minimum Gasteiger partial charge on any atom is -0.0654 e.